The van der Waals surface area contributed by atoms with Crippen molar-refractivity contribution in [2.75, 3.05) is 11.1 Å². The van der Waals surface area contributed by atoms with Gasteiger partial charge in [-0.15, -0.1) is 16.8 Å². The maximum absolute atomic E-state index is 13.0. The molecule has 0 saturated carbocycles. The molecule has 25 heavy (non-hydrogen) atoms. The fourth-order valence-corrected chi connectivity index (χ4v) is 3.02. The lowest BCUT2D eigenvalue weighted by atomic mass is 10.1. The minimum atomic E-state index is -4.62. The summed E-state index contributed by atoms with van der Waals surface area (Å²) in [5, 5.41) is 10.3. The average Bonchev–Trinajstić information content (AvgIpc) is 2.87. The van der Waals surface area contributed by atoms with Crippen molar-refractivity contribution in [3.05, 3.63) is 47.3 Å². The Labute approximate surface area is 151 Å². The van der Waals surface area contributed by atoms with Crippen LogP contribution < -0.4 is 5.32 Å². The second kappa shape index (κ2) is 7.92. The minimum Gasteiger partial charge on any atom is -0.324 e. The molecule has 0 atom stereocenters. The average molecular weight is 391 g/mol. The number of halogens is 4. The lowest BCUT2D eigenvalue weighted by molar-refractivity contribution is -0.137. The molecule has 1 amide bonds. The van der Waals surface area contributed by atoms with Crippen LogP contribution in [0.25, 0.3) is 0 Å². The van der Waals surface area contributed by atoms with Gasteiger partial charge in [0.15, 0.2) is 5.16 Å². The molecule has 2 rings (SSSR count). The summed E-state index contributed by atoms with van der Waals surface area (Å²) in [7, 11) is 0. The molecule has 5 nitrogen and oxygen atoms in total. The van der Waals surface area contributed by atoms with E-state index < -0.39 is 23.3 Å². The molecular weight excluding hydrogens is 377 g/mol. The van der Waals surface area contributed by atoms with Crippen molar-refractivity contribution in [1.29, 1.82) is 0 Å². The Kier molecular flexibility index (Phi) is 6.12. The number of allylic oxidation sites excluding steroid dienone is 1. The molecule has 1 N–H and O–H groups in total. The van der Waals surface area contributed by atoms with Crippen molar-refractivity contribution in [2.24, 2.45) is 0 Å². The van der Waals surface area contributed by atoms with Crippen LogP contribution in [0, 0.1) is 6.92 Å². The zero-order chi connectivity index (χ0) is 18.6. The summed E-state index contributed by atoms with van der Waals surface area (Å²) in [6.07, 6.45) is -2.97. The topological polar surface area (TPSA) is 59.8 Å². The van der Waals surface area contributed by atoms with E-state index in [-0.39, 0.29) is 10.8 Å². The number of benzene rings is 1. The van der Waals surface area contributed by atoms with Crippen LogP contribution in [0.4, 0.5) is 18.9 Å². The van der Waals surface area contributed by atoms with Crippen LogP contribution in [0.5, 0.6) is 0 Å². The van der Waals surface area contributed by atoms with Gasteiger partial charge in [0.25, 0.3) is 0 Å². The van der Waals surface area contributed by atoms with Gasteiger partial charge in [0.05, 0.1) is 22.0 Å². The highest BCUT2D eigenvalue weighted by Crippen LogP contribution is 2.38. The Bertz CT molecular complexity index is 792. The largest absolute Gasteiger partial charge is 0.418 e. The number of carbonyl (C=O) groups excluding carboxylic acids is 1. The molecule has 10 heteroatoms. The molecule has 0 radical (unpaired) electrons. The Morgan fingerprint density at radius 2 is 2.16 bits per heavy atom. The van der Waals surface area contributed by atoms with E-state index in [4.69, 9.17) is 11.6 Å². The summed E-state index contributed by atoms with van der Waals surface area (Å²) in [6.45, 7) is 5.84. The molecule has 0 aliphatic carbocycles. The Hall–Kier alpha value is -2.00. The summed E-state index contributed by atoms with van der Waals surface area (Å²) in [4.78, 5) is 12.1. The molecule has 0 aliphatic heterocycles. The molecule has 1 heterocycles. The molecule has 0 fully saturated rings. The van der Waals surface area contributed by atoms with E-state index >= 15 is 0 Å². The van der Waals surface area contributed by atoms with Crippen molar-refractivity contribution in [3.8, 4) is 0 Å². The van der Waals surface area contributed by atoms with Crippen LogP contribution in [-0.2, 0) is 17.5 Å². The van der Waals surface area contributed by atoms with Crippen LogP contribution >= 0.6 is 23.4 Å². The number of thioether (sulfide) groups is 1. The van der Waals surface area contributed by atoms with Gasteiger partial charge >= 0.3 is 6.18 Å². The fraction of sp³-hybridized carbons (Fsp3) is 0.267. The number of carbonyl (C=O) groups is 1. The highest BCUT2D eigenvalue weighted by Gasteiger charge is 2.34. The van der Waals surface area contributed by atoms with Gasteiger partial charge in [0.1, 0.15) is 5.82 Å². The SMILES string of the molecule is C=CCn1c(C)nnc1SCC(=O)Nc1c(Cl)cccc1C(F)(F)F. The van der Waals surface area contributed by atoms with Gasteiger partial charge in [-0.2, -0.15) is 13.2 Å². The van der Waals surface area contributed by atoms with Crippen LogP contribution in [-0.4, -0.2) is 26.4 Å². The minimum absolute atomic E-state index is 0.141. The van der Waals surface area contributed by atoms with Crippen molar-refractivity contribution < 1.29 is 18.0 Å². The second-order valence-electron chi connectivity index (χ2n) is 4.93. The van der Waals surface area contributed by atoms with Gasteiger partial charge in [-0.25, -0.2) is 0 Å². The number of amides is 1. The summed E-state index contributed by atoms with van der Waals surface area (Å²) in [5.41, 5.74) is -1.45. The maximum atomic E-state index is 13.0. The van der Waals surface area contributed by atoms with Gasteiger partial charge in [-0.05, 0) is 19.1 Å². The third-order valence-electron chi connectivity index (χ3n) is 3.13. The number of para-hydroxylation sites is 1. The molecule has 2 aromatic rings. The highest BCUT2D eigenvalue weighted by molar-refractivity contribution is 7.99. The van der Waals surface area contributed by atoms with Crippen LogP contribution in [0.1, 0.15) is 11.4 Å². The number of nitrogens with one attached hydrogen (secondary N) is 1. The van der Waals surface area contributed by atoms with E-state index in [2.05, 4.69) is 22.1 Å². The van der Waals surface area contributed by atoms with Gasteiger partial charge in [0.2, 0.25) is 5.91 Å². The molecule has 134 valence electrons. The first-order valence-corrected chi connectivity index (χ1v) is 8.39. The van der Waals surface area contributed by atoms with Crippen molar-refractivity contribution in [3.63, 3.8) is 0 Å². The van der Waals surface area contributed by atoms with Crippen molar-refractivity contribution in [2.45, 2.75) is 24.8 Å². The maximum Gasteiger partial charge on any atom is 0.418 e. The first-order valence-electron chi connectivity index (χ1n) is 7.03. The standard InChI is InChI=1S/C15H14ClF3N4OS/c1-3-7-23-9(2)21-22-14(23)25-8-12(24)20-13-10(15(17,18)19)5-4-6-11(13)16/h3-6H,1,7-8H2,2H3,(H,20,24). The number of aryl methyl sites for hydroxylation is 1. The quantitative estimate of drug-likeness (QED) is 0.594. The van der Waals surface area contributed by atoms with Gasteiger partial charge in [-0.1, -0.05) is 35.5 Å². The highest BCUT2D eigenvalue weighted by atomic mass is 35.5. The van der Waals surface area contributed by atoms with Gasteiger partial charge in [0, 0.05) is 6.54 Å². The number of anilines is 1. The molecule has 0 unspecified atom stereocenters. The zero-order valence-corrected chi connectivity index (χ0v) is 14.7. The predicted molar refractivity (Wildman–Crippen MR) is 90.8 cm³/mol. The third-order valence-corrected chi connectivity index (χ3v) is 4.41. The van der Waals surface area contributed by atoms with Crippen molar-refractivity contribution >= 4 is 35.0 Å². The lowest BCUT2D eigenvalue weighted by Gasteiger charge is -2.15. The molecule has 0 spiro atoms. The Balaban J connectivity index is 2.11. The first kappa shape index (κ1) is 19.3. The van der Waals surface area contributed by atoms with Crippen LogP contribution in [0.3, 0.4) is 0 Å². The monoisotopic (exact) mass is 390 g/mol. The first-order chi connectivity index (χ1) is 11.7. The summed E-state index contributed by atoms with van der Waals surface area (Å²) >= 11 is 6.87. The fourth-order valence-electron chi connectivity index (χ4n) is 2.00. The molecule has 1 aromatic carbocycles. The smallest absolute Gasteiger partial charge is 0.324 e. The van der Waals surface area contributed by atoms with Crippen molar-refractivity contribution in [1.82, 2.24) is 14.8 Å². The Morgan fingerprint density at radius 3 is 2.80 bits per heavy atom. The van der Waals surface area contributed by atoms with E-state index in [1.807, 2.05) is 0 Å². The van der Waals surface area contributed by atoms with E-state index in [1.165, 1.54) is 12.1 Å². The number of aromatic nitrogens is 3. The lowest BCUT2D eigenvalue weighted by Crippen LogP contribution is -2.19. The Morgan fingerprint density at radius 1 is 1.44 bits per heavy atom. The number of nitrogens with zero attached hydrogens (tertiary/aromatic N) is 3. The second-order valence-corrected chi connectivity index (χ2v) is 6.28. The number of rotatable bonds is 6. The van der Waals surface area contributed by atoms with Crippen LogP contribution in [0.2, 0.25) is 5.02 Å². The third kappa shape index (κ3) is 4.76. The van der Waals surface area contributed by atoms with E-state index in [1.54, 1.807) is 17.6 Å². The van der Waals surface area contributed by atoms with Gasteiger partial charge < -0.3 is 9.88 Å². The van der Waals surface area contributed by atoms with Crippen LogP contribution in [0.15, 0.2) is 36.0 Å². The van der Waals surface area contributed by atoms with E-state index in [9.17, 15) is 18.0 Å². The molecule has 1 aromatic heterocycles. The van der Waals surface area contributed by atoms with E-state index in [0.29, 0.717) is 17.5 Å². The normalized spacial score (nSPS) is 11.4. The summed E-state index contributed by atoms with van der Waals surface area (Å²) in [6, 6.07) is 3.32. The predicted octanol–water partition coefficient (Wildman–Crippen LogP) is 4.18. The van der Waals surface area contributed by atoms with E-state index in [0.717, 1.165) is 17.8 Å². The number of alkyl halides is 3. The number of hydrogen-bond donors (Lipinski definition) is 1. The summed E-state index contributed by atoms with van der Waals surface area (Å²) < 4.78 is 40.8. The zero-order valence-electron chi connectivity index (χ0n) is 13.1. The molecule has 0 bridgehead atoms. The molecule has 0 aliphatic rings. The van der Waals surface area contributed by atoms with Gasteiger partial charge in [-0.3, -0.25) is 4.79 Å². The summed E-state index contributed by atoms with van der Waals surface area (Å²) in [5.74, 6) is -0.125. The molecule has 0 saturated heterocycles. The number of hydrogen-bond acceptors (Lipinski definition) is 4. The molecular formula is C15H14ClF3N4OS.